The molecule has 2 N–H and O–H groups in total. The fourth-order valence-corrected chi connectivity index (χ4v) is 2.85. The summed E-state index contributed by atoms with van der Waals surface area (Å²) in [6.07, 6.45) is 0. The van der Waals surface area contributed by atoms with Gasteiger partial charge in [-0.1, -0.05) is 44.2 Å². The lowest BCUT2D eigenvalue weighted by Gasteiger charge is -2.19. The standard InChI is InChI=1S/C22H28FN3O2/c1-15(2)17-8-10-18(11-9-17)16(3)24-21(27)13-26(4)14-22(28)25-20-7-5-6-19(23)12-20/h5-12,15-16H,13-14H2,1-4H3,(H,24,27)(H,25,28)/t16-/m0/s1. The second-order valence-corrected chi connectivity index (χ2v) is 7.34. The molecule has 2 rings (SSSR count). The smallest absolute Gasteiger partial charge is 0.238 e. The molecule has 150 valence electrons. The van der Waals surface area contributed by atoms with Gasteiger partial charge in [0.05, 0.1) is 19.1 Å². The number of benzene rings is 2. The highest BCUT2D eigenvalue weighted by Crippen LogP contribution is 2.18. The van der Waals surface area contributed by atoms with Gasteiger partial charge in [-0.25, -0.2) is 4.39 Å². The van der Waals surface area contributed by atoms with Crippen LogP contribution in [0.3, 0.4) is 0 Å². The summed E-state index contributed by atoms with van der Waals surface area (Å²) in [4.78, 5) is 25.9. The third-order valence-corrected chi connectivity index (χ3v) is 4.42. The Balaban J connectivity index is 1.80. The maximum Gasteiger partial charge on any atom is 0.238 e. The van der Waals surface area contributed by atoms with E-state index in [1.807, 2.05) is 19.1 Å². The molecule has 0 spiro atoms. The Kier molecular flexibility index (Phi) is 7.70. The molecule has 5 nitrogen and oxygen atoms in total. The van der Waals surface area contributed by atoms with E-state index in [9.17, 15) is 14.0 Å². The van der Waals surface area contributed by atoms with Crippen molar-refractivity contribution in [3.8, 4) is 0 Å². The first kappa shape index (κ1) is 21.6. The molecule has 0 radical (unpaired) electrons. The number of anilines is 1. The maximum atomic E-state index is 13.2. The van der Waals surface area contributed by atoms with E-state index in [1.54, 1.807) is 18.0 Å². The van der Waals surface area contributed by atoms with Crippen molar-refractivity contribution in [2.24, 2.45) is 0 Å². The van der Waals surface area contributed by atoms with E-state index in [4.69, 9.17) is 0 Å². The molecule has 0 aliphatic heterocycles. The number of hydrogen-bond acceptors (Lipinski definition) is 3. The summed E-state index contributed by atoms with van der Waals surface area (Å²) in [5.74, 6) is -0.424. The first-order valence-corrected chi connectivity index (χ1v) is 9.37. The minimum Gasteiger partial charge on any atom is -0.348 e. The normalized spacial score (nSPS) is 12.1. The molecule has 0 bridgehead atoms. The predicted octanol–water partition coefficient (Wildman–Crippen LogP) is 3.70. The second-order valence-electron chi connectivity index (χ2n) is 7.34. The average Bonchev–Trinajstić information content (AvgIpc) is 2.61. The molecule has 1 atom stereocenters. The first-order valence-electron chi connectivity index (χ1n) is 9.37. The predicted molar refractivity (Wildman–Crippen MR) is 110 cm³/mol. The molecule has 2 aromatic carbocycles. The highest BCUT2D eigenvalue weighted by atomic mass is 19.1. The minimum absolute atomic E-state index is 0.0292. The molecule has 0 saturated carbocycles. The SMILES string of the molecule is CC(C)c1ccc([C@H](C)NC(=O)CN(C)CC(=O)Nc2cccc(F)c2)cc1. The number of carbonyl (C=O) groups excluding carboxylic acids is 2. The van der Waals surface area contributed by atoms with Gasteiger partial charge < -0.3 is 10.6 Å². The zero-order chi connectivity index (χ0) is 20.7. The monoisotopic (exact) mass is 385 g/mol. The van der Waals surface area contributed by atoms with Crippen LogP contribution in [0.4, 0.5) is 10.1 Å². The van der Waals surface area contributed by atoms with Crippen LogP contribution in [0.2, 0.25) is 0 Å². The molecule has 0 aliphatic rings. The van der Waals surface area contributed by atoms with Crippen LogP contribution in [0.5, 0.6) is 0 Å². The molecule has 0 aromatic heterocycles. The molecule has 0 heterocycles. The van der Waals surface area contributed by atoms with E-state index in [1.165, 1.54) is 23.8 Å². The number of nitrogens with zero attached hydrogens (tertiary/aromatic N) is 1. The van der Waals surface area contributed by atoms with Crippen LogP contribution in [0, 0.1) is 5.82 Å². The maximum absolute atomic E-state index is 13.2. The van der Waals surface area contributed by atoms with Crippen molar-refractivity contribution in [2.45, 2.75) is 32.7 Å². The Morgan fingerprint density at radius 2 is 1.57 bits per heavy atom. The van der Waals surface area contributed by atoms with Crippen molar-refractivity contribution >= 4 is 17.5 Å². The largest absolute Gasteiger partial charge is 0.348 e. The van der Waals surface area contributed by atoms with Crippen molar-refractivity contribution < 1.29 is 14.0 Å². The molecule has 2 amide bonds. The van der Waals surface area contributed by atoms with Gasteiger partial charge in [0.25, 0.3) is 0 Å². The van der Waals surface area contributed by atoms with Crippen LogP contribution in [0.1, 0.15) is 43.9 Å². The van der Waals surface area contributed by atoms with Crippen LogP contribution in [0.25, 0.3) is 0 Å². The van der Waals surface area contributed by atoms with Crippen LogP contribution in [0.15, 0.2) is 48.5 Å². The molecule has 6 heteroatoms. The molecule has 0 unspecified atom stereocenters. The van der Waals surface area contributed by atoms with E-state index in [2.05, 4.69) is 36.6 Å². The zero-order valence-electron chi connectivity index (χ0n) is 16.8. The Morgan fingerprint density at radius 1 is 0.964 bits per heavy atom. The van der Waals surface area contributed by atoms with Gasteiger partial charge in [0.1, 0.15) is 5.82 Å². The average molecular weight is 385 g/mol. The fourth-order valence-electron chi connectivity index (χ4n) is 2.85. The number of rotatable bonds is 8. The molecular weight excluding hydrogens is 357 g/mol. The minimum atomic E-state index is -0.416. The molecule has 0 aliphatic carbocycles. The van der Waals surface area contributed by atoms with Gasteiger partial charge in [-0.3, -0.25) is 14.5 Å². The lowest BCUT2D eigenvalue weighted by Crippen LogP contribution is -2.39. The third-order valence-electron chi connectivity index (χ3n) is 4.42. The molecule has 2 aromatic rings. The van der Waals surface area contributed by atoms with Crippen LogP contribution >= 0.6 is 0 Å². The van der Waals surface area contributed by atoms with E-state index < -0.39 is 5.82 Å². The highest BCUT2D eigenvalue weighted by Gasteiger charge is 2.14. The second kappa shape index (κ2) is 9.99. The number of likely N-dealkylation sites (N-methyl/N-ethyl adjacent to an activating group) is 1. The van der Waals surface area contributed by atoms with Crippen LogP contribution < -0.4 is 10.6 Å². The van der Waals surface area contributed by atoms with Crippen molar-refractivity contribution in [2.75, 3.05) is 25.5 Å². The molecule has 28 heavy (non-hydrogen) atoms. The summed E-state index contributed by atoms with van der Waals surface area (Å²) in [7, 11) is 1.69. The van der Waals surface area contributed by atoms with Gasteiger partial charge in [0, 0.05) is 5.69 Å². The van der Waals surface area contributed by atoms with Gasteiger partial charge in [0.15, 0.2) is 0 Å². The number of halogens is 1. The summed E-state index contributed by atoms with van der Waals surface area (Å²) in [5.41, 5.74) is 2.68. The quantitative estimate of drug-likeness (QED) is 0.728. The zero-order valence-corrected chi connectivity index (χ0v) is 16.8. The summed E-state index contributed by atoms with van der Waals surface area (Å²) in [6.45, 7) is 6.33. The van der Waals surface area contributed by atoms with Crippen molar-refractivity contribution in [1.29, 1.82) is 0 Å². The summed E-state index contributed by atoms with van der Waals surface area (Å²) in [5, 5.41) is 5.56. The Hall–Kier alpha value is -2.73. The van der Waals surface area contributed by atoms with Crippen molar-refractivity contribution in [3.63, 3.8) is 0 Å². The number of carbonyl (C=O) groups is 2. The van der Waals surface area contributed by atoms with Crippen molar-refractivity contribution in [3.05, 3.63) is 65.5 Å². The van der Waals surface area contributed by atoms with Crippen LogP contribution in [-0.2, 0) is 9.59 Å². The Bertz CT molecular complexity index is 806. The van der Waals surface area contributed by atoms with Gasteiger partial charge in [0.2, 0.25) is 11.8 Å². The highest BCUT2D eigenvalue weighted by molar-refractivity contribution is 5.92. The van der Waals surface area contributed by atoms with E-state index in [-0.39, 0.29) is 30.9 Å². The van der Waals surface area contributed by atoms with Crippen molar-refractivity contribution in [1.82, 2.24) is 10.2 Å². The summed E-state index contributed by atoms with van der Waals surface area (Å²) >= 11 is 0. The summed E-state index contributed by atoms with van der Waals surface area (Å²) < 4.78 is 13.2. The summed E-state index contributed by atoms with van der Waals surface area (Å²) in [6, 6.07) is 13.8. The van der Waals surface area contributed by atoms with Gasteiger partial charge in [-0.2, -0.15) is 0 Å². The van der Waals surface area contributed by atoms with Gasteiger partial charge in [-0.15, -0.1) is 0 Å². The number of nitrogens with one attached hydrogen (secondary N) is 2. The van der Waals surface area contributed by atoms with Gasteiger partial charge in [-0.05, 0) is 49.2 Å². The molecule has 0 saturated heterocycles. The Labute approximate surface area is 165 Å². The lowest BCUT2D eigenvalue weighted by molar-refractivity contribution is -0.123. The molecular formula is C22H28FN3O2. The first-order chi connectivity index (χ1) is 13.2. The lowest BCUT2D eigenvalue weighted by atomic mass is 9.99. The number of hydrogen-bond donors (Lipinski definition) is 2. The van der Waals surface area contributed by atoms with E-state index in [0.717, 1.165) is 5.56 Å². The third kappa shape index (κ3) is 6.78. The Morgan fingerprint density at radius 3 is 2.18 bits per heavy atom. The molecule has 0 fully saturated rings. The fraction of sp³-hybridized carbons (Fsp3) is 0.364. The van der Waals surface area contributed by atoms with Crippen LogP contribution in [-0.4, -0.2) is 36.9 Å². The topological polar surface area (TPSA) is 61.4 Å². The van der Waals surface area contributed by atoms with E-state index in [0.29, 0.717) is 11.6 Å². The van der Waals surface area contributed by atoms with E-state index >= 15 is 0 Å². The number of amides is 2. The van der Waals surface area contributed by atoms with Gasteiger partial charge >= 0.3 is 0 Å².